The number of benzene rings is 8. The highest BCUT2D eigenvalue weighted by molar-refractivity contribution is 6.33. The van der Waals surface area contributed by atoms with Crippen molar-refractivity contribution in [2.24, 2.45) is 35.3 Å². The fourth-order valence-corrected chi connectivity index (χ4v) is 14.8. The molecule has 11 N–H and O–H groups in total. The van der Waals surface area contributed by atoms with Crippen LogP contribution in [0, 0.1) is 52.9 Å². The number of anilines is 2. The number of nitrogens with two attached hydrogens (primary N) is 3. The summed E-state index contributed by atoms with van der Waals surface area (Å²) in [6.07, 6.45) is 9.56. The minimum absolute atomic E-state index is 0.00271. The molecule has 0 saturated heterocycles. The number of halogens is 8. The lowest BCUT2D eigenvalue weighted by molar-refractivity contribution is -0.192. The summed E-state index contributed by atoms with van der Waals surface area (Å²) in [4.78, 5) is 139. The van der Waals surface area contributed by atoms with Crippen molar-refractivity contribution in [2.75, 3.05) is 11.5 Å². The number of aromatic nitrogens is 14. The lowest BCUT2D eigenvalue weighted by Gasteiger charge is -2.24. The number of carbonyl (C=O) groups excluding carboxylic acids is 2. The van der Waals surface area contributed by atoms with Gasteiger partial charge in [-0.15, -0.1) is 0 Å². The topological polar surface area (TPSA) is 456 Å². The number of esters is 2. The van der Waals surface area contributed by atoms with Gasteiger partial charge in [-0.2, -0.15) is 13.2 Å². The van der Waals surface area contributed by atoms with E-state index in [-0.39, 0.29) is 70.4 Å². The molecular formula is C97H95ClF7N17O13. The quantitative estimate of drug-likeness (QED) is 0.0171. The molecule has 7 aromatic heterocycles. The number of carbonyl (C=O) groups is 5. The van der Waals surface area contributed by atoms with E-state index in [9.17, 15) is 64.3 Å². The molecule has 0 amide bonds. The van der Waals surface area contributed by atoms with Gasteiger partial charge in [-0.25, -0.2) is 72.0 Å². The van der Waals surface area contributed by atoms with Crippen LogP contribution in [0.3, 0.4) is 0 Å². The van der Waals surface area contributed by atoms with Crippen molar-refractivity contribution in [1.29, 1.82) is 0 Å². The van der Waals surface area contributed by atoms with Gasteiger partial charge in [-0.1, -0.05) is 109 Å². The molecule has 7 heterocycles. The van der Waals surface area contributed by atoms with Crippen molar-refractivity contribution in [3.05, 3.63) is 308 Å². The number of aromatic carboxylic acids is 1. The van der Waals surface area contributed by atoms with Crippen LogP contribution in [-0.4, -0.2) is 131 Å². The number of aliphatic carboxylic acids is 2. The van der Waals surface area contributed by atoms with Crippen LogP contribution in [0.2, 0.25) is 5.15 Å². The van der Waals surface area contributed by atoms with Gasteiger partial charge >= 0.3 is 36.0 Å². The van der Waals surface area contributed by atoms with Crippen molar-refractivity contribution in [2.45, 2.75) is 147 Å². The number of ether oxygens (including phenoxy) is 2. The number of nitrogen functional groups attached to an aromatic ring is 2. The maximum atomic E-state index is 14.7. The van der Waals surface area contributed by atoms with Gasteiger partial charge in [0, 0.05) is 29.6 Å². The Labute approximate surface area is 770 Å². The normalized spacial score (nSPS) is 14.2. The molecule has 0 aliphatic heterocycles. The van der Waals surface area contributed by atoms with Crippen LogP contribution in [0.1, 0.15) is 157 Å². The highest BCUT2D eigenvalue weighted by Crippen LogP contribution is 2.47. The Balaban J connectivity index is 0.000000147. The summed E-state index contributed by atoms with van der Waals surface area (Å²) in [6.45, 7) is 10.8. The number of hydrogen-bond donors (Lipinski definition) is 8. The SMILES string of the molecule is CC(C)(C)OC(=O)C[C@H](C(=O)O)C1CC1.CC(C)(C)OC(=O)C[C@H](c1nc2cccc(F)c2c(=O)n1-c1ccccc1)C1CC1.Clc1ncnc2nc[nH]c12.N[C@H](c1nc2cccc(F)c2c(=O)n1-c1ccccc1)C1CC1.Nc1cccc(F)c1C(=O)O.Nc1ccccc1.O=C(O)C(F)(F)F.O=c1c2c(F)cccc2nc([C@@H](Cc2ncnc3nc[nH]c23)C2CC2)n1-c1ccccc1. The summed E-state index contributed by atoms with van der Waals surface area (Å²) in [5, 5.41) is 24.8. The van der Waals surface area contributed by atoms with Gasteiger partial charge in [0.05, 0.1) is 76.8 Å². The summed E-state index contributed by atoms with van der Waals surface area (Å²) in [5.74, 6) is -6.41. The molecule has 8 aromatic carbocycles. The predicted octanol–water partition coefficient (Wildman–Crippen LogP) is 17.5. The fourth-order valence-electron chi connectivity index (χ4n) is 14.6. The van der Waals surface area contributed by atoms with E-state index in [0.717, 1.165) is 74.3 Å². The summed E-state index contributed by atoms with van der Waals surface area (Å²) in [6, 6.07) is 53.9. The predicted molar refractivity (Wildman–Crippen MR) is 492 cm³/mol. The molecule has 4 atom stereocenters. The zero-order valence-electron chi connectivity index (χ0n) is 73.7. The molecule has 15 aromatic rings. The second-order valence-electron chi connectivity index (χ2n) is 34.0. The van der Waals surface area contributed by atoms with Crippen molar-refractivity contribution < 1.29 is 79.5 Å². The molecule has 0 spiro atoms. The van der Waals surface area contributed by atoms with Crippen molar-refractivity contribution in [3.63, 3.8) is 0 Å². The number of rotatable bonds is 18. The van der Waals surface area contributed by atoms with Gasteiger partial charge in [0.25, 0.3) is 16.7 Å². The van der Waals surface area contributed by atoms with Crippen molar-refractivity contribution in [1.82, 2.24) is 68.5 Å². The number of carboxylic acids is 3. The van der Waals surface area contributed by atoms with E-state index in [1.807, 2.05) is 118 Å². The first-order valence-corrected chi connectivity index (χ1v) is 43.2. The van der Waals surface area contributed by atoms with Gasteiger partial charge in [0.1, 0.15) is 97.4 Å². The molecule has 0 radical (unpaired) electrons. The molecule has 0 bridgehead atoms. The van der Waals surface area contributed by atoms with E-state index in [1.165, 1.54) is 58.4 Å². The first-order chi connectivity index (χ1) is 64.2. The number of nitrogens with one attached hydrogen (secondary N) is 2. The molecule has 38 heteroatoms. The average molecular weight is 1880 g/mol. The Kier molecular flexibility index (Phi) is 32.0. The van der Waals surface area contributed by atoms with Gasteiger partial charge in [-0.05, 0) is 214 Å². The molecule has 4 aliphatic carbocycles. The minimum Gasteiger partial charge on any atom is -0.481 e. The van der Waals surface area contributed by atoms with E-state index < -0.39 is 92.7 Å². The molecule has 135 heavy (non-hydrogen) atoms. The molecule has 30 nitrogen and oxygen atoms in total. The average Bonchev–Trinajstić information content (AvgIpc) is 1.72. The summed E-state index contributed by atoms with van der Waals surface area (Å²) < 4.78 is 103. The lowest BCUT2D eigenvalue weighted by atomic mass is 9.95. The minimum atomic E-state index is -5.08. The Morgan fingerprint density at radius 3 is 1.21 bits per heavy atom. The second kappa shape index (κ2) is 43.6. The third kappa shape index (κ3) is 26.3. The number of fused-ring (bicyclic) bond motifs is 5. The van der Waals surface area contributed by atoms with E-state index in [0.29, 0.717) is 91.3 Å². The third-order valence-corrected chi connectivity index (χ3v) is 21.7. The molecule has 4 saturated carbocycles. The third-order valence-electron chi connectivity index (χ3n) is 21.4. The van der Waals surface area contributed by atoms with Crippen molar-refractivity contribution in [3.8, 4) is 17.1 Å². The zero-order chi connectivity index (χ0) is 97.3. The largest absolute Gasteiger partial charge is 0.490 e. The number of hydrogen-bond acceptors (Lipinski definition) is 22. The summed E-state index contributed by atoms with van der Waals surface area (Å²) >= 11 is 5.68. The van der Waals surface area contributed by atoms with E-state index in [4.69, 9.17) is 68.4 Å². The van der Waals surface area contributed by atoms with Crippen LogP contribution < -0.4 is 33.9 Å². The van der Waals surface area contributed by atoms with Crippen LogP contribution in [0.25, 0.3) is 72.1 Å². The molecule has 4 aliphatic rings. The maximum Gasteiger partial charge on any atom is 0.490 e. The van der Waals surface area contributed by atoms with E-state index >= 15 is 0 Å². The number of imidazole rings is 2. The van der Waals surface area contributed by atoms with Gasteiger partial charge in [-0.3, -0.25) is 42.5 Å². The maximum absolute atomic E-state index is 14.7. The summed E-state index contributed by atoms with van der Waals surface area (Å²) in [5.41, 5.74) is 21.2. The Morgan fingerprint density at radius 2 is 0.830 bits per heavy atom. The number of para-hydroxylation sites is 4. The first-order valence-electron chi connectivity index (χ1n) is 42.8. The van der Waals surface area contributed by atoms with E-state index in [2.05, 4.69) is 44.9 Å². The van der Waals surface area contributed by atoms with Gasteiger partial charge < -0.3 is 52.0 Å². The van der Waals surface area contributed by atoms with E-state index in [1.54, 1.807) is 92.3 Å². The van der Waals surface area contributed by atoms with Crippen LogP contribution in [0.4, 0.5) is 42.1 Å². The van der Waals surface area contributed by atoms with Crippen LogP contribution >= 0.6 is 11.6 Å². The number of H-pyrrole nitrogens is 2. The molecule has 19 rings (SSSR count). The van der Waals surface area contributed by atoms with Gasteiger partial charge in [0.15, 0.2) is 16.4 Å². The molecule has 4 fully saturated rings. The monoisotopic (exact) mass is 1870 g/mol. The van der Waals surface area contributed by atoms with Crippen LogP contribution in [-0.2, 0) is 35.1 Å². The molecule has 0 unspecified atom stereocenters. The number of nitrogens with zero attached hydrogens (tertiary/aromatic N) is 12. The lowest BCUT2D eigenvalue weighted by Crippen LogP contribution is -2.30. The Morgan fingerprint density at radius 1 is 0.459 bits per heavy atom. The highest BCUT2D eigenvalue weighted by atomic mass is 35.5. The Hall–Kier alpha value is -15.0. The Bertz CT molecular complexity index is 6910. The van der Waals surface area contributed by atoms with Gasteiger partial charge in [0.2, 0.25) is 0 Å². The fraction of sp³-hybridized carbons (Fsp3) is 0.289. The zero-order valence-corrected chi connectivity index (χ0v) is 74.5. The summed E-state index contributed by atoms with van der Waals surface area (Å²) in [7, 11) is 0. The number of alkyl halides is 3. The standard InChI is InChI=1S/C24H19FN6O.C24H25FN2O3.C18H16FN3O.C11H18O4.C7H6FNO2.C6H7N.C5H3ClN4.C2HF3O2/c25-17-7-4-8-18-20(17)24(32)31(15-5-2-1-3-6-15)23(30-18)16(14-9-10-14)11-19-21-22(28-12-26-19)29-13-27-21;1-24(2,3)30-20(28)14-17(15-12-13-15)22-26-19-11-7-10-18(25)21(19)23(29)27(22)16-8-5-4-6-9-16;19-13-7-4-8-14-15(13)18(23)22(12-5-2-1-3-6-12)17(21-14)16(20)11-9-10-11;1-11(2,3)15-9(12)6-8(10(13)14)7-4-5-7;8-4-2-1-3-5(9)6(4)7(10)11;7-6-4-2-1-3-5-6;6-4-3-5(9-1-7-3)10-2-8-4;3-2(4,5)1(6)7/h1-8,12-14,16H,9-11H2,(H,26,27,28,29);4-11,15,17H,12-14H2,1-3H3;1-8,11,16H,9-10,20H2;7-8H,4-6H2,1-3H3,(H,13,14);1-3H,9H2,(H,10,11);1-5H,7H2;1-2H,(H,7,8,9,10);(H,6,7)/t16-;17-;16-;8-;;;;/m0000..../s1. The second-order valence-corrected chi connectivity index (χ2v) is 34.3. The number of carboxylic acid groups (broad SMARTS) is 3. The first kappa shape index (κ1) is 99.0. The smallest absolute Gasteiger partial charge is 0.481 e. The highest BCUT2D eigenvalue weighted by Gasteiger charge is 2.42. The van der Waals surface area contributed by atoms with Crippen molar-refractivity contribution >= 4 is 108 Å². The molecule has 702 valence electrons. The molecular weight excluding hydrogens is 1780 g/mol. The van der Waals surface area contributed by atoms with Crippen LogP contribution in [0.15, 0.2) is 234 Å². The van der Waals surface area contributed by atoms with Crippen LogP contribution in [0.5, 0.6) is 0 Å². The number of aromatic amines is 2.